The summed E-state index contributed by atoms with van der Waals surface area (Å²) < 4.78 is 17.3. The molecule has 174 valence electrons. The van der Waals surface area contributed by atoms with E-state index in [1.807, 2.05) is 0 Å². The molecule has 1 fully saturated rings. The van der Waals surface area contributed by atoms with E-state index >= 15 is 0 Å². The minimum Gasteiger partial charge on any atom is -0.508 e. The predicted octanol–water partition coefficient (Wildman–Crippen LogP) is -0.110. The quantitative estimate of drug-likeness (QED) is 0.289. The number of rotatable bonds is 4. The fourth-order valence-electron chi connectivity index (χ4n) is 3.98. The number of aliphatic hydroxyl groups excluding tert-OH is 4. The molecule has 7 atom stereocenters. The Balaban J connectivity index is 1.71. The Kier molecular flexibility index (Phi) is 6.03. The maximum absolute atomic E-state index is 11.0. The van der Waals surface area contributed by atoms with E-state index in [0.29, 0.717) is 0 Å². The molecule has 11 heteroatoms. The molecule has 0 radical (unpaired) electrons. The molecule has 0 saturated carbocycles. The lowest BCUT2D eigenvalue weighted by Gasteiger charge is -2.42. The van der Waals surface area contributed by atoms with Crippen LogP contribution in [0.4, 0.5) is 0 Å². The van der Waals surface area contributed by atoms with Crippen LogP contribution in [-0.4, -0.2) is 78.2 Å². The molecule has 0 aromatic heterocycles. The summed E-state index contributed by atoms with van der Waals surface area (Å²) in [4.78, 5) is 0. The molecule has 2 aliphatic rings. The van der Waals surface area contributed by atoms with Gasteiger partial charge in [-0.1, -0.05) is 6.07 Å². The van der Waals surface area contributed by atoms with Crippen molar-refractivity contribution < 1.29 is 55.1 Å². The third-order valence-electron chi connectivity index (χ3n) is 5.62. The van der Waals surface area contributed by atoms with E-state index in [2.05, 4.69) is 0 Å². The van der Waals surface area contributed by atoms with Gasteiger partial charge in [-0.25, -0.2) is 0 Å². The standard InChI is InChI=1S/C21H24O11/c22-7-15-18(28)13(27)6-16(30-15)32-21-19(29)17-12(26)4-9(23)5-14(17)31-20(21)8-1-2-10(24)11(25)3-8/h1-5,13,15-16,18-29H,6-7H2/t13-,15+,16+,18+,19-,20+,21-/m0/s1. The van der Waals surface area contributed by atoms with Crippen LogP contribution in [0.3, 0.4) is 0 Å². The highest BCUT2D eigenvalue weighted by atomic mass is 16.7. The molecule has 0 unspecified atom stereocenters. The summed E-state index contributed by atoms with van der Waals surface area (Å²) in [7, 11) is 0. The van der Waals surface area contributed by atoms with Crippen molar-refractivity contribution in [1.29, 1.82) is 0 Å². The maximum atomic E-state index is 11.0. The Hall–Kier alpha value is -2.80. The third kappa shape index (κ3) is 4.01. The van der Waals surface area contributed by atoms with Crippen molar-refractivity contribution in [2.75, 3.05) is 6.61 Å². The molecule has 0 amide bonds. The van der Waals surface area contributed by atoms with Gasteiger partial charge in [-0.05, 0) is 17.7 Å². The van der Waals surface area contributed by atoms with Crippen molar-refractivity contribution in [1.82, 2.24) is 0 Å². The maximum Gasteiger partial charge on any atom is 0.161 e. The van der Waals surface area contributed by atoms with Gasteiger partial charge in [0, 0.05) is 18.6 Å². The van der Waals surface area contributed by atoms with Crippen molar-refractivity contribution in [3.8, 4) is 28.7 Å². The molecular formula is C21H24O11. The van der Waals surface area contributed by atoms with E-state index in [0.717, 1.165) is 6.07 Å². The highest BCUT2D eigenvalue weighted by molar-refractivity contribution is 5.53. The largest absolute Gasteiger partial charge is 0.508 e. The summed E-state index contributed by atoms with van der Waals surface area (Å²) in [5, 5.41) is 80.1. The summed E-state index contributed by atoms with van der Waals surface area (Å²) in [5.74, 6) is -1.60. The number of aliphatic hydroxyl groups is 4. The highest BCUT2D eigenvalue weighted by Crippen LogP contribution is 2.49. The third-order valence-corrected chi connectivity index (χ3v) is 5.62. The number of ether oxygens (including phenoxy) is 3. The Labute approximate surface area is 181 Å². The topological polar surface area (TPSA) is 190 Å². The average molecular weight is 452 g/mol. The summed E-state index contributed by atoms with van der Waals surface area (Å²) >= 11 is 0. The fraction of sp³-hybridized carbons (Fsp3) is 0.429. The molecule has 2 aromatic rings. The minimum absolute atomic E-state index is 0.0272. The summed E-state index contributed by atoms with van der Waals surface area (Å²) in [6.45, 7) is -0.583. The van der Waals surface area contributed by atoms with Gasteiger partial charge in [0.1, 0.15) is 41.7 Å². The lowest BCUT2D eigenvalue weighted by molar-refractivity contribution is -0.288. The van der Waals surface area contributed by atoms with Gasteiger partial charge in [-0.3, -0.25) is 0 Å². The van der Waals surface area contributed by atoms with Crippen molar-refractivity contribution in [3.63, 3.8) is 0 Å². The van der Waals surface area contributed by atoms with Gasteiger partial charge in [0.2, 0.25) is 0 Å². The van der Waals surface area contributed by atoms with Crippen LogP contribution in [0.15, 0.2) is 30.3 Å². The fourth-order valence-corrected chi connectivity index (χ4v) is 3.98. The number of phenols is 4. The zero-order valence-corrected chi connectivity index (χ0v) is 16.6. The molecule has 2 aliphatic heterocycles. The van der Waals surface area contributed by atoms with E-state index < -0.39 is 61.0 Å². The number of phenolic OH excluding ortho intramolecular Hbond substituents is 4. The average Bonchev–Trinajstić information content (AvgIpc) is 2.73. The smallest absolute Gasteiger partial charge is 0.161 e. The molecule has 0 aliphatic carbocycles. The molecule has 0 spiro atoms. The van der Waals surface area contributed by atoms with Crippen molar-refractivity contribution >= 4 is 0 Å². The van der Waals surface area contributed by atoms with Gasteiger partial charge < -0.3 is 55.1 Å². The lowest BCUT2D eigenvalue weighted by atomic mass is 9.91. The van der Waals surface area contributed by atoms with Crippen LogP contribution in [0.2, 0.25) is 0 Å². The number of hydrogen-bond donors (Lipinski definition) is 8. The lowest BCUT2D eigenvalue weighted by Crippen LogP contribution is -2.52. The second-order valence-electron chi connectivity index (χ2n) is 7.79. The zero-order valence-electron chi connectivity index (χ0n) is 16.6. The van der Waals surface area contributed by atoms with Crippen molar-refractivity contribution in [3.05, 3.63) is 41.5 Å². The summed E-state index contributed by atoms with van der Waals surface area (Å²) in [6, 6.07) is 6.06. The van der Waals surface area contributed by atoms with Crippen LogP contribution in [0.1, 0.15) is 29.8 Å². The molecule has 11 nitrogen and oxygen atoms in total. The van der Waals surface area contributed by atoms with E-state index in [1.54, 1.807) is 0 Å². The molecule has 2 heterocycles. The van der Waals surface area contributed by atoms with Crippen molar-refractivity contribution in [2.24, 2.45) is 0 Å². The van der Waals surface area contributed by atoms with E-state index in [4.69, 9.17) is 14.2 Å². The molecular weight excluding hydrogens is 428 g/mol. The van der Waals surface area contributed by atoms with Crippen LogP contribution >= 0.6 is 0 Å². The predicted molar refractivity (Wildman–Crippen MR) is 105 cm³/mol. The first kappa shape index (κ1) is 22.4. The van der Waals surface area contributed by atoms with Gasteiger partial charge >= 0.3 is 0 Å². The molecule has 4 rings (SSSR count). The molecule has 0 bridgehead atoms. The Morgan fingerprint density at radius 1 is 0.938 bits per heavy atom. The van der Waals surface area contributed by atoms with E-state index in [9.17, 15) is 40.9 Å². The minimum atomic E-state index is -1.50. The monoisotopic (exact) mass is 452 g/mol. The second kappa shape index (κ2) is 8.62. The Morgan fingerprint density at radius 3 is 2.38 bits per heavy atom. The van der Waals surface area contributed by atoms with Gasteiger partial charge in [0.25, 0.3) is 0 Å². The number of aromatic hydroxyl groups is 4. The summed E-state index contributed by atoms with van der Waals surface area (Å²) in [6.07, 6.45) is -8.92. The number of hydrogen-bond acceptors (Lipinski definition) is 11. The first-order chi connectivity index (χ1) is 15.2. The van der Waals surface area contributed by atoms with E-state index in [-0.39, 0.29) is 34.8 Å². The van der Waals surface area contributed by atoms with Crippen LogP contribution in [-0.2, 0) is 9.47 Å². The van der Waals surface area contributed by atoms with E-state index in [1.165, 1.54) is 24.3 Å². The normalized spacial score (nSPS) is 32.2. The van der Waals surface area contributed by atoms with Crippen LogP contribution < -0.4 is 4.74 Å². The molecule has 8 N–H and O–H groups in total. The molecule has 2 aromatic carbocycles. The molecule has 1 saturated heterocycles. The Morgan fingerprint density at radius 2 is 1.69 bits per heavy atom. The number of benzene rings is 2. The molecule has 32 heavy (non-hydrogen) atoms. The number of fused-ring (bicyclic) bond motifs is 1. The van der Waals surface area contributed by atoms with Gasteiger partial charge in [-0.2, -0.15) is 0 Å². The van der Waals surface area contributed by atoms with Crippen LogP contribution in [0.5, 0.6) is 28.7 Å². The highest BCUT2D eigenvalue weighted by Gasteiger charge is 2.45. The van der Waals surface area contributed by atoms with Crippen LogP contribution in [0, 0.1) is 0 Å². The van der Waals surface area contributed by atoms with Gasteiger partial charge in [0.15, 0.2) is 23.9 Å². The first-order valence-electron chi connectivity index (χ1n) is 9.90. The van der Waals surface area contributed by atoms with Gasteiger partial charge in [0.05, 0.1) is 18.3 Å². The van der Waals surface area contributed by atoms with Crippen molar-refractivity contribution in [2.45, 2.75) is 49.3 Å². The van der Waals surface area contributed by atoms with Crippen LogP contribution in [0.25, 0.3) is 0 Å². The summed E-state index contributed by atoms with van der Waals surface area (Å²) in [5.41, 5.74) is 0.232. The first-order valence-corrected chi connectivity index (χ1v) is 9.90. The Bertz CT molecular complexity index is 980. The second-order valence-corrected chi connectivity index (χ2v) is 7.79. The SMILES string of the molecule is OC[C@H]1O[C@H](O[C@@H]2[C@@H](c3ccc(O)c(O)c3)Oc3cc(O)cc(O)c3[C@@H]2O)C[C@H](O)[C@H]1O. The zero-order chi connectivity index (χ0) is 23.2. The van der Waals surface area contributed by atoms with Gasteiger partial charge in [-0.15, -0.1) is 0 Å².